The van der Waals surface area contributed by atoms with E-state index in [1.807, 2.05) is 0 Å². The average molecular weight is 343 g/mol. The fourth-order valence-corrected chi connectivity index (χ4v) is 2.52. The van der Waals surface area contributed by atoms with Crippen molar-refractivity contribution in [3.8, 4) is 5.75 Å². The highest BCUT2D eigenvalue weighted by molar-refractivity contribution is 9.10. The van der Waals surface area contributed by atoms with Gasteiger partial charge in [0.1, 0.15) is 17.4 Å². The van der Waals surface area contributed by atoms with Gasteiger partial charge in [0.25, 0.3) is 0 Å². The van der Waals surface area contributed by atoms with Gasteiger partial charge in [0.2, 0.25) is 0 Å². The van der Waals surface area contributed by atoms with Crippen molar-refractivity contribution in [2.75, 3.05) is 7.11 Å². The zero-order valence-corrected chi connectivity index (χ0v) is 12.2. The molecule has 0 saturated heterocycles. The summed E-state index contributed by atoms with van der Waals surface area (Å²) in [7, 11) is 1.48. The molecular weight excluding hydrogens is 330 g/mol. The first-order valence-corrected chi connectivity index (χ1v) is 6.60. The Hall–Kier alpha value is -1.50. The molecule has 1 atom stereocenters. The van der Waals surface area contributed by atoms with Gasteiger partial charge >= 0.3 is 0 Å². The lowest BCUT2D eigenvalue weighted by Gasteiger charge is -2.20. The van der Waals surface area contributed by atoms with E-state index in [4.69, 9.17) is 10.6 Å². The van der Waals surface area contributed by atoms with Crippen molar-refractivity contribution < 1.29 is 13.5 Å². The van der Waals surface area contributed by atoms with E-state index in [1.54, 1.807) is 6.07 Å². The summed E-state index contributed by atoms with van der Waals surface area (Å²) >= 11 is 3.22. The Labute approximate surface area is 123 Å². The fraction of sp³-hybridized carbons (Fsp3) is 0.143. The molecule has 0 aromatic heterocycles. The van der Waals surface area contributed by atoms with Crippen molar-refractivity contribution in [2.24, 2.45) is 5.84 Å². The minimum absolute atomic E-state index is 0.412. The Morgan fingerprint density at radius 1 is 1.15 bits per heavy atom. The van der Waals surface area contributed by atoms with Crippen LogP contribution < -0.4 is 16.0 Å². The molecule has 0 aliphatic rings. The highest BCUT2D eigenvalue weighted by Gasteiger charge is 2.19. The lowest BCUT2D eigenvalue weighted by Crippen LogP contribution is -2.29. The van der Waals surface area contributed by atoms with Crippen LogP contribution in [-0.4, -0.2) is 7.11 Å². The molecule has 6 heteroatoms. The SMILES string of the molecule is COc1ccc(F)cc1C(NN)c1cc(F)cc(Br)c1. The van der Waals surface area contributed by atoms with Gasteiger partial charge in [-0.25, -0.2) is 14.2 Å². The van der Waals surface area contributed by atoms with E-state index in [0.717, 1.165) is 0 Å². The largest absolute Gasteiger partial charge is 0.496 e. The second kappa shape index (κ2) is 6.30. The minimum Gasteiger partial charge on any atom is -0.496 e. The van der Waals surface area contributed by atoms with Crippen LogP contribution in [0.1, 0.15) is 17.2 Å². The third-order valence-electron chi connectivity index (χ3n) is 2.89. The van der Waals surface area contributed by atoms with E-state index in [-0.39, 0.29) is 0 Å². The van der Waals surface area contributed by atoms with Crippen LogP contribution >= 0.6 is 15.9 Å². The smallest absolute Gasteiger partial charge is 0.124 e. The van der Waals surface area contributed by atoms with E-state index >= 15 is 0 Å². The number of rotatable bonds is 4. The molecule has 2 aromatic rings. The Bertz CT molecular complexity index is 602. The summed E-state index contributed by atoms with van der Waals surface area (Å²) in [6, 6.07) is 7.88. The van der Waals surface area contributed by atoms with Gasteiger partial charge in [-0.05, 0) is 42.0 Å². The van der Waals surface area contributed by atoms with Crippen molar-refractivity contribution in [1.82, 2.24) is 5.43 Å². The van der Waals surface area contributed by atoms with Crippen LogP contribution in [0.3, 0.4) is 0 Å². The standard InChI is InChI=1S/C14H13BrF2N2O/c1-20-13-3-2-10(16)7-12(13)14(19-18)8-4-9(15)6-11(17)5-8/h2-7,14,19H,18H2,1H3. The molecule has 3 N–H and O–H groups in total. The normalized spacial score (nSPS) is 12.2. The van der Waals surface area contributed by atoms with Crippen LogP contribution in [0.25, 0.3) is 0 Å². The molecule has 0 heterocycles. The number of hydrazine groups is 1. The van der Waals surface area contributed by atoms with Crippen molar-refractivity contribution >= 4 is 15.9 Å². The van der Waals surface area contributed by atoms with Crippen LogP contribution in [0.4, 0.5) is 8.78 Å². The first-order valence-electron chi connectivity index (χ1n) is 5.80. The Morgan fingerprint density at radius 2 is 1.90 bits per heavy atom. The lowest BCUT2D eigenvalue weighted by molar-refractivity contribution is 0.402. The summed E-state index contributed by atoms with van der Waals surface area (Å²) in [6.45, 7) is 0. The van der Waals surface area contributed by atoms with Gasteiger partial charge in [0, 0.05) is 10.0 Å². The summed E-state index contributed by atoms with van der Waals surface area (Å²) in [5, 5.41) is 0. The molecule has 106 valence electrons. The summed E-state index contributed by atoms with van der Waals surface area (Å²) in [5.74, 6) is 5.18. The number of nitrogens with one attached hydrogen (secondary N) is 1. The van der Waals surface area contributed by atoms with E-state index < -0.39 is 17.7 Å². The second-order valence-electron chi connectivity index (χ2n) is 4.19. The highest BCUT2D eigenvalue weighted by Crippen LogP contribution is 2.31. The van der Waals surface area contributed by atoms with Crippen LogP contribution in [0.5, 0.6) is 5.75 Å². The summed E-state index contributed by atoms with van der Waals surface area (Å²) in [4.78, 5) is 0. The maximum Gasteiger partial charge on any atom is 0.124 e. The van der Waals surface area contributed by atoms with E-state index in [1.165, 1.54) is 37.4 Å². The Kier molecular flexibility index (Phi) is 4.69. The van der Waals surface area contributed by atoms with Gasteiger partial charge in [0.05, 0.1) is 13.2 Å². The number of ether oxygens (including phenoxy) is 1. The molecule has 0 fully saturated rings. The van der Waals surface area contributed by atoms with Gasteiger partial charge in [-0.1, -0.05) is 15.9 Å². The van der Waals surface area contributed by atoms with Gasteiger partial charge in [-0.2, -0.15) is 0 Å². The molecule has 0 bridgehead atoms. The lowest BCUT2D eigenvalue weighted by atomic mass is 9.98. The topological polar surface area (TPSA) is 47.3 Å². The molecule has 2 aromatic carbocycles. The highest BCUT2D eigenvalue weighted by atomic mass is 79.9. The van der Waals surface area contributed by atoms with Gasteiger partial charge < -0.3 is 4.74 Å². The van der Waals surface area contributed by atoms with Gasteiger partial charge in [-0.3, -0.25) is 5.84 Å². The van der Waals surface area contributed by atoms with Crippen LogP contribution in [0.15, 0.2) is 40.9 Å². The third kappa shape index (κ3) is 3.15. The van der Waals surface area contributed by atoms with Crippen molar-refractivity contribution in [3.63, 3.8) is 0 Å². The molecule has 1 unspecified atom stereocenters. The van der Waals surface area contributed by atoms with Gasteiger partial charge in [-0.15, -0.1) is 0 Å². The Balaban J connectivity index is 2.54. The monoisotopic (exact) mass is 342 g/mol. The molecule has 2 rings (SSSR count). The number of methoxy groups -OCH3 is 1. The van der Waals surface area contributed by atoms with E-state index in [0.29, 0.717) is 21.3 Å². The number of halogens is 3. The average Bonchev–Trinajstić information content (AvgIpc) is 2.39. The zero-order chi connectivity index (χ0) is 14.7. The van der Waals surface area contributed by atoms with Crippen molar-refractivity contribution in [3.05, 3.63) is 63.6 Å². The number of benzene rings is 2. The van der Waals surface area contributed by atoms with Crippen LogP contribution in [-0.2, 0) is 0 Å². The van der Waals surface area contributed by atoms with Crippen molar-refractivity contribution in [1.29, 1.82) is 0 Å². The summed E-state index contributed by atoms with van der Waals surface area (Å²) < 4.78 is 32.7. The maximum absolute atomic E-state index is 13.5. The Morgan fingerprint density at radius 3 is 2.50 bits per heavy atom. The molecule has 20 heavy (non-hydrogen) atoms. The molecule has 0 aliphatic carbocycles. The van der Waals surface area contributed by atoms with Crippen molar-refractivity contribution in [2.45, 2.75) is 6.04 Å². The predicted octanol–water partition coefficient (Wildman–Crippen LogP) is 3.29. The first-order chi connectivity index (χ1) is 9.55. The molecular formula is C14H13BrF2N2O. The zero-order valence-electron chi connectivity index (χ0n) is 10.7. The number of hydrogen-bond acceptors (Lipinski definition) is 3. The van der Waals surface area contributed by atoms with Crippen LogP contribution in [0.2, 0.25) is 0 Å². The molecule has 3 nitrogen and oxygen atoms in total. The molecule has 0 radical (unpaired) electrons. The fourth-order valence-electron chi connectivity index (χ4n) is 2.04. The second-order valence-corrected chi connectivity index (χ2v) is 5.10. The quantitative estimate of drug-likeness (QED) is 0.662. The maximum atomic E-state index is 13.5. The third-order valence-corrected chi connectivity index (χ3v) is 3.35. The molecule has 0 aliphatic heterocycles. The summed E-state index contributed by atoms with van der Waals surface area (Å²) in [6.07, 6.45) is 0. The first kappa shape index (κ1) is 14.9. The van der Waals surface area contributed by atoms with E-state index in [2.05, 4.69) is 21.4 Å². The number of hydrogen-bond donors (Lipinski definition) is 2. The molecule has 0 amide bonds. The molecule has 0 saturated carbocycles. The number of nitrogens with two attached hydrogens (primary N) is 1. The van der Waals surface area contributed by atoms with E-state index in [9.17, 15) is 8.78 Å². The van der Waals surface area contributed by atoms with Gasteiger partial charge in [0.15, 0.2) is 0 Å². The predicted molar refractivity (Wildman–Crippen MR) is 76.2 cm³/mol. The minimum atomic E-state index is -0.590. The van der Waals surface area contributed by atoms with Crippen LogP contribution in [0, 0.1) is 11.6 Å². The summed E-state index contributed by atoms with van der Waals surface area (Å²) in [5.41, 5.74) is 3.61. The molecule has 0 spiro atoms.